The third-order valence-corrected chi connectivity index (χ3v) is 4.26. The molecule has 1 aliphatic heterocycles. The van der Waals surface area contributed by atoms with Crippen LogP contribution in [0.4, 0.5) is 5.95 Å². The fourth-order valence-corrected chi connectivity index (χ4v) is 3.13. The molecule has 2 aromatic heterocycles. The number of imidazole rings is 1. The Hall–Kier alpha value is -1.54. The van der Waals surface area contributed by atoms with Gasteiger partial charge in [-0.3, -0.25) is 9.78 Å². The van der Waals surface area contributed by atoms with Crippen LogP contribution in [0.2, 0.25) is 0 Å². The second kappa shape index (κ2) is 5.22. The standard InChI is InChI=1S/C11H15N5O2S/c12-10-14-8-7(9(17)16-10)13-11(15-8)19-5-6-1-3-18-4-2-6/h6H,1-5H2,(H4,12,13,14,15,16,17). The molecule has 102 valence electrons. The van der Waals surface area contributed by atoms with Crippen LogP contribution in [0.1, 0.15) is 12.8 Å². The molecular weight excluding hydrogens is 266 g/mol. The molecule has 0 saturated carbocycles. The molecule has 3 heterocycles. The van der Waals surface area contributed by atoms with E-state index >= 15 is 0 Å². The Kier molecular flexibility index (Phi) is 3.43. The Balaban J connectivity index is 1.74. The van der Waals surface area contributed by atoms with Gasteiger partial charge in [-0.1, -0.05) is 11.8 Å². The molecule has 1 fully saturated rings. The van der Waals surface area contributed by atoms with Gasteiger partial charge in [-0.05, 0) is 18.8 Å². The molecule has 0 amide bonds. The smallest absolute Gasteiger partial charge is 0.278 e. The number of aromatic amines is 2. The van der Waals surface area contributed by atoms with Crippen molar-refractivity contribution in [1.82, 2.24) is 19.9 Å². The zero-order chi connectivity index (χ0) is 13.2. The number of anilines is 1. The van der Waals surface area contributed by atoms with Crippen LogP contribution in [0.25, 0.3) is 11.2 Å². The summed E-state index contributed by atoms with van der Waals surface area (Å²) < 4.78 is 5.33. The number of nitrogen functional groups attached to an aromatic ring is 1. The van der Waals surface area contributed by atoms with Crippen molar-refractivity contribution in [2.45, 2.75) is 18.0 Å². The molecular formula is C11H15N5O2S. The molecule has 0 aromatic carbocycles. The van der Waals surface area contributed by atoms with Crippen LogP contribution in [-0.2, 0) is 4.74 Å². The van der Waals surface area contributed by atoms with E-state index < -0.39 is 0 Å². The highest BCUT2D eigenvalue weighted by Crippen LogP contribution is 2.24. The van der Waals surface area contributed by atoms with Crippen LogP contribution >= 0.6 is 11.8 Å². The molecule has 0 aliphatic carbocycles. The third kappa shape index (κ3) is 2.74. The lowest BCUT2D eigenvalue weighted by molar-refractivity contribution is 0.0728. The van der Waals surface area contributed by atoms with Crippen molar-refractivity contribution in [2.75, 3.05) is 24.7 Å². The fraction of sp³-hybridized carbons (Fsp3) is 0.545. The summed E-state index contributed by atoms with van der Waals surface area (Å²) in [4.78, 5) is 25.4. The van der Waals surface area contributed by atoms with Crippen molar-refractivity contribution in [3.63, 3.8) is 0 Å². The van der Waals surface area contributed by atoms with Crippen molar-refractivity contribution in [2.24, 2.45) is 5.92 Å². The van der Waals surface area contributed by atoms with Gasteiger partial charge in [-0.2, -0.15) is 4.98 Å². The SMILES string of the molecule is Nc1nc2nc(SCC3CCOCC3)[nH]c2c(=O)[nH]1. The number of fused-ring (bicyclic) bond motifs is 1. The van der Waals surface area contributed by atoms with Crippen LogP contribution in [-0.4, -0.2) is 38.9 Å². The first-order valence-electron chi connectivity index (χ1n) is 6.18. The van der Waals surface area contributed by atoms with E-state index in [1.807, 2.05) is 0 Å². The first kappa shape index (κ1) is 12.5. The maximum Gasteiger partial charge on any atom is 0.278 e. The van der Waals surface area contributed by atoms with Gasteiger partial charge in [0, 0.05) is 19.0 Å². The zero-order valence-electron chi connectivity index (χ0n) is 10.3. The van der Waals surface area contributed by atoms with Gasteiger partial charge in [-0.15, -0.1) is 0 Å². The number of nitrogens with two attached hydrogens (primary N) is 1. The van der Waals surface area contributed by atoms with Crippen LogP contribution in [0.15, 0.2) is 9.95 Å². The molecule has 1 saturated heterocycles. The lowest BCUT2D eigenvalue weighted by Crippen LogP contribution is -2.17. The number of nitrogens with one attached hydrogen (secondary N) is 2. The quantitative estimate of drug-likeness (QED) is 0.716. The molecule has 7 nitrogen and oxygen atoms in total. The van der Waals surface area contributed by atoms with Gasteiger partial charge in [0.25, 0.3) is 5.56 Å². The Morgan fingerprint density at radius 3 is 2.89 bits per heavy atom. The zero-order valence-corrected chi connectivity index (χ0v) is 11.1. The van der Waals surface area contributed by atoms with Crippen molar-refractivity contribution < 1.29 is 4.74 Å². The van der Waals surface area contributed by atoms with Crippen LogP contribution in [0, 0.1) is 5.92 Å². The lowest BCUT2D eigenvalue weighted by Gasteiger charge is -2.20. The van der Waals surface area contributed by atoms with E-state index in [-0.39, 0.29) is 11.5 Å². The highest BCUT2D eigenvalue weighted by molar-refractivity contribution is 7.99. The second-order valence-corrected chi connectivity index (χ2v) is 5.57. The van der Waals surface area contributed by atoms with Crippen molar-refractivity contribution >= 4 is 28.9 Å². The van der Waals surface area contributed by atoms with Gasteiger partial charge < -0.3 is 15.5 Å². The maximum atomic E-state index is 11.6. The molecule has 0 unspecified atom stereocenters. The van der Waals surface area contributed by atoms with Gasteiger partial charge in [0.05, 0.1) is 0 Å². The molecule has 19 heavy (non-hydrogen) atoms. The van der Waals surface area contributed by atoms with E-state index in [0.29, 0.717) is 22.2 Å². The van der Waals surface area contributed by atoms with E-state index in [1.54, 1.807) is 11.8 Å². The number of H-pyrrole nitrogens is 2. The van der Waals surface area contributed by atoms with E-state index in [4.69, 9.17) is 10.5 Å². The molecule has 2 aromatic rings. The number of hydrogen-bond donors (Lipinski definition) is 3. The van der Waals surface area contributed by atoms with E-state index in [9.17, 15) is 4.79 Å². The summed E-state index contributed by atoms with van der Waals surface area (Å²) in [7, 11) is 0. The lowest BCUT2D eigenvalue weighted by atomic mass is 10.0. The van der Waals surface area contributed by atoms with E-state index in [1.165, 1.54) is 0 Å². The van der Waals surface area contributed by atoms with Crippen LogP contribution in [0.3, 0.4) is 0 Å². The summed E-state index contributed by atoms with van der Waals surface area (Å²) in [5, 5.41) is 0.713. The van der Waals surface area contributed by atoms with Crippen LogP contribution in [0.5, 0.6) is 0 Å². The van der Waals surface area contributed by atoms with Gasteiger partial charge >= 0.3 is 0 Å². The van der Waals surface area contributed by atoms with Crippen molar-refractivity contribution in [3.05, 3.63) is 10.4 Å². The average molecular weight is 281 g/mol. The molecule has 0 spiro atoms. The first-order valence-corrected chi connectivity index (χ1v) is 7.17. The normalized spacial score (nSPS) is 17.1. The van der Waals surface area contributed by atoms with Gasteiger partial charge in [0.2, 0.25) is 5.95 Å². The largest absolute Gasteiger partial charge is 0.381 e. The highest BCUT2D eigenvalue weighted by Gasteiger charge is 2.15. The third-order valence-electron chi connectivity index (χ3n) is 3.15. The summed E-state index contributed by atoms with van der Waals surface area (Å²) >= 11 is 1.61. The second-order valence-electron chi connectivity index (χ2n) is 4.56. The molecule has 8 heteroatoms. The summed E-state index contributed by atoms with van der Waals surface area (Å²) in [5.41, 5.74) is 5.95. The fourth-order valence-electron chi connectivity index (χ4n) is 2.08. The average Bonchev–Trinajstić information content (AvgIpc) is 2.81. The van der Waals surface area contributed by atoms with Gasteiger partial charge in [0.1, 0.15) is 0 Å². The summed E-state index contributed by atoms with van der Waals surface area (Å²) in [6, 6.07) is 0. The molecule has 0 atom stereocenters. The molecule has 4 N–H and O–H groups in total. The highest BCUT2D eigenvalue weighted by atomic mass is 32.2. The Morgan fingerprint density at radius 2 is 2.11 bits per heavy atom. The summed E-state index contributed by atoms with van der Waals surface area (Å²) in [6.07, 6.45) is 2.16. The summed E-state index contributed by atoms with van der Waals surface area (Å²) in [5.74, 6) is 1.70. The Morgan fingerprint density at radius 1 is 1.32 bits per heavy atom. The monoisotopic (exact) mass is 281 g/mol. The number of rotatable bonds is 3. The predicted octanol–water partition coefficient (Wildman–Crippen LogP) is 0.747. The number of ether oxygens (including phenoxy) is 1. The van der Waals surface area contributed by atoms with E-state index in [2.05, 4.69) is 19.9 Å². The van der Waals surface area contributed by atoms with Gasteiger partial charge in [-0.25, -0.2) is 4.98 Å². The number of thioether (sulfide) groups is 1. The maximum absolute atomic E-state index is 11.6. The molecule has 0 radical (unpaired) electrons. The topological polar surface area (TPSA) is 110 Å². The first-order chi connectivity index (χ1) is 9.22. The van der Waals surface area contributed by atoms with Gasteiger partial charge in [0.15, 0.2) is 16.3 Å². The number of nitrogens with zero attached hydrogens (tertiary/aromatic N) is 2. The number of hydrogen-bond acceptors (Lipinski definition) is 6. The molecule has 1 aliphatic rings. The summed E-state index contributed by atoms with van der Waals surface area (Å²) in [6.45, 7) is 1.67. The number of aromatic nitrogens is 4. The minimum atomic E-state index is -0.284. The predicted molar refractivity (Wildman–Crippen MR) is 73.2 cm³/mol. The Bertz CT molecular complexity index is 632. The minimum absolute atomic E-state index is 0.0879. The molecule has 0 bridgehead atoms. The Labute approximate surface area is 113 Å². The van der Waals surface area contributed by atoms with Crippen molar-refractivity contribution in [1.29, 1.82) is 0 Å². The minimum Gasteiger partial charge on any atom is -0.381 e. The van der Waals surface area contributed by atoms with E-state index in [0.717, 1.165) is 31.8 Å². The molecule has 3 rings (SSSR count). The van der Waals surface area contributed by atoms with Crippen molar-refractivity contribution in [3.8, 4) is 0 Å². The van der Waals surface area contributed by atoms with Crippen LogP contribution < -0.4 is 11.3 Å².